The van der Waals surface area contributed by atoms with Gasteiger partial charge in [-0.1, -0.05) is 43.3 Å². The fraction of sp³-hybridized carbons (Fsp3) is 0.448. The standard InChI is InChI=1S/C29H39N5/c1-6-23(2)34(5)19-11-7-8-13-27-26-12-9-10-14-28(26)32-29(3,31-27)22-33(4)21-25-17-15-24(20-30)16-18-25/h8-10,12-18,23,32H,6-7,11,19,21-22H2,1-5H3/b13-8+. The molecule has 5 heteroatoms. The minimum Gasteiger partial charge on any atom is -0.360 e. The molecule has 2 aromatic carbocycles. The third-order valence-corrected chi connectivity index (χ3v) is 6.59. The molecular formula is C29H39N5. The Morgan fingerprint density at radius 1 is 1.15 bits per heavy atom. The van der Waals surface area contributed by atoms with Crippen molar-refractivity contribution >= 4 is 11.4 Å². The highest BCUT2D eigenvalue weighted by molar-refractivity contribution is 6.13. The highest BCUT2D eigenvalue weighted by atomic mass is 15.2. The van der Waals surface area contributed by atoms with Gasteiger partial charge in [0.15, 0.2) is 0 Å². The van der Waals surface area contributed by atoms with Crippen LogP contribution in [-0.2, 0) is 6.54 Å². The third-order valence-electron chi connectivity index (χ3n) is 6.59. The third kappa shape index (κ3) is 7.03. The molecule has 1 N–H and O–H groups in total. The zero-order valence-corrected chi connectivity index (χ0v) is 21.4. The van der Waals surface area contributed by atoms with E-state index < -0.39 is 5.66 Å². The van der Waals surface area contributed by atoms with Gasteiger partial charge in [0.25, 0.3) is 0 Å². The first-order valence-corrected chi connectivity index (χ1v) is 12.4. The van der Waals surface area contributed by atoms with E-state index in [2.05, 4.69) is 92.5 Å². The number of nitrogens with one attached hydrogen (secondary N) is 1. The summed E-state index contributed by atoms with van der Waals surface area (Å²) in [5, 5.41) is 12.7. The van der Waals surface area contributed by atoms with Crippen LogP contribution in [0.5, 0.6) is 0 Å². The summed E-state index contributed by atoms with van der Waals surface area (Å²) in [6.45, 7) is 9.37. The van der Waals surface area contributed by atoms with Gasteiger partial charge in [-0.2, -0.15) is 5.26 Å². The van der Waals surface area contributed by atoms with Gasteiger partial charge in [-0.05, 0) is 83.6 Å². The average molecular weight is 458 g/mol. The Morgan fingerprint density at radius 3 is 2.59 bits per heavy atom. The molecule has 1 aliphatic rings. The lowest BCUT2D eigenvalue weighted by molar-refractivity contribution is 0.250. The topological polar surface area (TPSA) is 54.7 Å². The zero-order valence-electron chi connectivity index (χ0n) is 21.4. The number of fused-ring (bicyclic) bond motifs is 1. The molecule has 0 saturated carbocycles. The molecule has 0 radical (unpaired) electrons. The van der Waals surface area contributed by atoms with E-state index in [4.69, 9.17) is 10.3 Å². The summed E-state index contributed by atoms with van der Waals surface area (Å²) < 4.78 is 0. The maximum absolute atomic E-state index is 9.02. The van der Waals surface area contributed by atoms with Crippen molar-refractivity contribution in [2.75, 3.05) is 32.5 Å². The lowest BCUT2D eigenvalue weighted by atomic mass is 10.00. The number of rotatable bonds is 11. The van der Waals surface area contributed by atoms with Gasteiger partial charge >= 0.3 is 0 Å². The Morgan fingerprint density at radius 2 is 1.88 bits per heavy atom. The lowest BCUT2D eigenvalue weighted by Gasteiger charge is -2.36. The second-order valence-electron chi connectivity index (χ2n) is 9.70. The minimum absolute atomic E-state index is 0.424. The first kappa shape index (κ1) is 25.7. The van der Waals surface area contributed by atoms with Crippen molar-refractivity contribution in [2.45, 2.75) is 58.3 Å². The van der Waals surface area contributed by atoms with Crippen LogP contribution in [0.4, 0.5) is 5.69 Å². The van der Waals surface area contributed by atoms with Crippen LogP contribution in [-0.4, -0.2) is 54.4 Å². The van der Waals surface area contributed by atoms with Crippen LogP contribution in [0, 0.1) is 11.3 Å². The summed E-state index contributed by atoms with van der Waals surface area (Å²) in [5.74, 6) is 0. The first-order chi connectivity index (χ1) is 16.3. The van der Waals surface area contributed by atoms with Gasteiger partial charge in [0.1, 0.15) is 5.66 Å². The fourth-order valence-corrected chi connectivity index (χ4v) is 4.42. The van der Waals surface area contributed by atoms with Gasteiger partial charge in [-0.15, -0.1) is 0 Å². The van der Waals surface area contributed by atoms with Crippen LogP contribution in [0.15, 0.2) is 65.7 Å². The van der Waals surface area contributed by atoms with E-state index in [-0.39, 0.29) is 0 Å². The number of likely N-dealkylation sites (N-methyl/N-ethyl adjacent to an activating group) is 1. The van der Waals surface area contributed by atoms with E-state index in [1.807, 2.05) is 24.3 Å². The summed E-state index contributed by atoms with van der Waals surface area (Å²) in [6.07, 6.45) is 7.85. The number of nitriles is 1. The molecule has 1 heterocycles. The molecule has 0 saturated heterocycles. The Balaban J connectivity index is 1.67. The second-order valence-corrected chi connectivity index (χ2v) is 9.70. The molecule has 5 nitrogen and oxygen atoms in total. The summed E-state index contributed by atoms with van der Waals surface area (Å²) in [7, 11) is 4.33. The predicted octanol–water partition coefficient (Wildman–Crippen LogP) is 5.69. The number of allylic oxidation sites excluding steroid dienone is 2. The molecule has 180 valence electrons. The Kier molecular flexibility index (Phi) is 9.04. The van der Waals surface area contributed by atoms with Crippen molar-refractivity contribution in [3.63, 3.8) is 0 Å². The van der Waals surface area contributed by atoms with Crippen LogP contribution in [0.1, 0.15) is 56.7 Å². The Labute approximate surface area is 205 Å². The summed E-state index contributed by atoms with van der Waals surface area (Å²) in [4.78, 5) is 9.87. The number of unbranched alkanes of at least 4 members (excludes halogenated alkanes) is 1. The molecular weight excluding hydrogens is 418 g/mol. The quantitative estimate of drug-likeness (QED) is 0.441. The molecule has 1 aliphatic heterocycles. The molecule has 2 aromatic rings. The average Bonchev–Trinajstić information content (AvgIpc) is 2.83. The molecule has 0 aliphatic carbocycles. The van der Waals surface area contributed by atoms with Gasteiger partial charge in [0.2, 0.25) is 0 Å². The Bertz CT molecular complexity index is 1030. The van der Waals surface area contributed by atoms with Crippen molar-refractivity contribution in [1.29, 1.82) is 5.26 Å². The number of benzene rings is 2. The van der Waals surface area contributed by atoms with Crippen molar-refractivity contribution in [3.8, 4) is 6.07 Å². The monoisotopic (exact) mass is 457 g/mol. The SMILES string of the molecule is CCC(C)N(C)CCC/C=C/C1=NC(C)(CN(C)Cc2ccc(C#N)cc2)Nc2ccccc21. The molecule has 3 rings (SSSR count). The largest absolute Gasteiger partial charge is 0.360 e. The van der Waals surface area contributed by atoms with Crippen LogP contribution >= 0.6 is 0 Å². The molecule has 0 fully saturated rings. The fourth-order valence-electron chi connectivity index (χ4n) is 4.42. The molecule has 0 spiro atoms. The normalized spacial score (nSPS) is 18.5. The minimum atomic E-state index is -0.424. The second kappa shape index (κ2) is 12.0. The number of nitrogens with zero attached hydrogens (tertiary/aromatic N) is 4. The van der Waals surface area contributed by atoms with E-state index in [1.165, 1.54) is 12.0 Å². The maximum atomic E-state index is 9.02. The van der Waals surface area contributed by atoms with Crippen molar-refractivity contribution in [2.24, 2.45) is 4.99 Å². The highest BCUT2D eigenvalue weighted by Gasteiger charge is 2.30. The molecule has 2 atom stereocenters. The lowest BCUT2D eigenvalue weighted by Crippen LogP contribution is -2.46. The van der Waals surface area contributed by atoms with Gasteiger partial charge in [-0.3, -0.25) is 9.89 Å². The Hall–Kier alpha value is -2.94. The number of anilines is 1. The van der Waals surface area contributed by atoms with Crippen molar-refractivity contribution < 1.29 is 0 Å². The summed E-state index contributed by atoms with van der Waals surface area (Å²) >= 11 is 0. The maximum Gasteiger partial charge on any atom is 0.140 e. The van der Waals surface area contributed by atoms with E-state index in [1.54, 1.807) is 0 Å². The van der Waals surface area contributed by atoms with E-state index in [9.17, 15) is 0 Å². The highest BCUT2D eigenvalue weighted by Crippen LogP contribution is 2.29. The smallest absolute Gasteiger partial charge is 0.140 e. The molecule has 0 aromatic heterocycles. The van der Waals surface area contributed by atoms with Gasteiger partial charge < -0.3 is 10.2 Å². The van der Waals surface area contributed by atoms with Crippen LogP contribution in [0.25, 0.3) is 0 Å². The van der Waals surface area contributed by atoms with E-state index in [0.717, 1.165) is 49.4 Å². The van der Waals surface area contributed by atoms with E-state index in [0.29, 0.717) is 11.6 Å². The molecule has 2 unspecified atom stereocenters. The number of para-hydroxylation sites is 1. The predicted molar refractivity (Wildman–Crippen MR) is 143 cm³/mol. The number of aliphatic imine (C=N–C) groups is 1. The number of hydrogen-bond donors (Lipinski definition) is 1. The molecule has 34 heavy (non-hydrogen) atoms. The van der Waals surface area contributed by atoms with Crippen LogP contribution in [0.2, 0.25) is 0 Å². The first-order valence-electron chi connectivity index (χ1n) is 12.4. The van der Waals surface area contributed by atoms with Gasteiger partial charge in [0, 0.05) is 30.4 Å². The van der Waals surface area contributed by atoms with Crippen molar-refractivity contribution in [1.82, 2.24) is 9.80 Å². The van der Waals surface area contributed by atoms with Crippen LogP contribution < -0.4 is 5.32 Å². The van der Waals surface area contributed by atoms with Crippen molar-refractivity contribution in [3.05, 3.63) is 77.4 Å². The van der Waals surface area contributed by atoms with Gasteiger partial charge in [-0.25, -0.2) is 0 Å². The summed E-state index contributed by atoms with van der Waals surface area (Å²) in [5.41, 5.74) is 4.78. The zero-order chi connectivity index (χ0) is 24.6. The summed E-state index contributed by atoms with van der Waals surface area (Å²) in [6, 6.07) is 19.0. The molecule has 0 bridgehead atoms. The van der Waals surface area contributed by atoms with Gasteiger partial charge in [0.05, 0.1) is 17.3 Å². The van der Waals surface area contributed by atoms with E-state index >= 15 is 0 Å². The number of hydrogen-bond acceptors (Lipinski definition) is 5. The molecule has 0 amide bonds. The van der Waals surface area contributed by atoms with Crippen LogP contribution in [0.3, 0.4) is 0 Å².